The average molecular weight is 311 g/mol. The highest BCUT2D eigenvalue weighted by molar-refractivity contribution is 5.81. The van der Waals surface area contributed by atoms with Crippen molar-refractivity contribution in [2.45, 2.75) is 31.8 Å². The smallest absolute Gasteiger partial charge is 0.167 e. The van der Waals surface area contributed by atoms with Crippen LogP contribution in [0.5, 0.6) is 0 Å². The molecule has 0 aliphatic rings. The SMILES string of the molecule is COCCC(O)C(CO)OC(C)n1cnc2c(N)ncnc21. The Balaban J connectivity index is 2.12. The number of nitrogen functional groups attached to an aromatic ring is 1. The van der Waals surface area contributed by atoms with E-state index >= 15 is 0 Å². The number of nitrogens with two attached hydrogens (primary N) is 1. The summed E-state index contributed by atoms with van der Waals surface area (Å²) in [6, 6.07) is 0. The molecule has 2 aromatic heterocycles. The zero-order valence-corrected chi connectivity index (χ0v) is 12.6. The predicted molar refractivity (Wildman–Crippen MR) is 78.9 cm³/mol. The van der Waals surface area contributed by atoms with Crippen LogP contribution < -0.4 is 5.73 Å². The van der Waals surface area contributed by atoms with E-state index in [1.807, 2.05) is 0 Å². The van der Waals surface area contributed by atoms with Gasteiger partial charge in [0.15, 0.2) is 11.5 Å². The molecule has 0 saturated heterocycles. The van der Waals surface area contributed by atoms with Gasteiger partial charge in [-0.15, -0.1) is 0 Å². The summed E-state index contributed by atoms with van der Waals surface area (Å²) in [6.07, 6.45) is 1.20. The van der Waals surface area contributed by atoms with Crippen molar-refractivity contribution in [3.63, 3.8) is 0 Å². The maximum absolute atomic E-state index is 10.0. The van der Waals surface area contributed by atoms with Gasteiger partial charge in [0, 0.05) is 13.7 Å². The molecule has 0 fully saturated rings. The van der Waals surface area contributed by atoms with Crippen molar-refractivity contribution in [3.8, 4) is 0 Å². The van der Waals surface area contributed by atoms with Gasteiger partial charge in [0.05, 0.1) is 19.0 Å². The van der Waals surface area contributed by atoms with Crippen LogP contribution in [0.2, 0.25) is 0 Å². The van der Waals surface area contributed by atoms with Gasteiger partial charge in [-0.2, -0.15) is 0 Å². The van der Waals surface area contributed by atoms with Crippen LogP contribution in [0.1, 0.15) is 19.6 Å². The van der Waals surface area contributed by atoms with Gasteiger partial charge in [-0.05, 0) is 13.3 Å². The summed E-state index contributed by atoms with van der Waals surface area (Å²) in [4.78, 5) is 12.2. The molecule has 22 heavy (non-hydrogen) atoms. The molecule has 3 unspecified atom stereocenters. The summed E-state index contributed by atoms with van der Waals surface area (Å²) >= 11 is 0. The van der Waals surface area contributed by atoms with E-state index in [4.69, 9.17) is 15.2 Å². The number of fused-ring (bicyclic) bond motifs is 1. The summed E-state index contributed by atoms with van der Waals surface area (Å²) in [5.41, 5.74) is 6.75. The molecule has 3 atom stereocenters. The molecule has 0 amide bonds. The van der Waals surface area contributed by atoms with Gasteiger partial charge in [0.1, 0.15) is 24.2 Å². The molecule has 0 aliphatic heterocycles. The summed E-state index contributed by atoms with van der Waals surface area (Å²) in [5.74, 6) is 0.287. The van der Waals surface area contributed by atoms with Crippen molar-refractivity contribution in [1.29, 1.82) is 0 Å². The lowest BCUT2D eigenvalue weighted by molar-refractivity contribution is -0.120. The van der Waals surface area contributed by atoms with Crippen LogP contribution in [0.3, 0.4) is 0 Å². The number of aliphatic hydroxyl groups is 2. The molecule has 9 nitrogen and oxygen atoms in total. The van der Waals surface area contributed by atoms with Gasteiger partial charge in [0.25, 0.3) is 0 Å². The van der Waals surface area contributed by atoms with Crippen molar-refractivity contribution < 1.29 is 19.7 Å². The number of anilines is 1. The molecule has 2 aromatic rings. The monoisotopic (exact) mass is 311 g/mol. The second-order valence-electron chi connectivity index (χ2n) is 4.89. The lowest BCUT2D eigenvalue weighted by Crippen LogP contribution is -2.35. The Morgan fingerprint density at radius 1 is 1.36 bits per heavy atom. The summed E-state index contributed by atoms with van der Waals surface area (Å²) in [7, 11) is 1.55. The number of nitrogens with zero attached hydrogens (tertiary/aromatic N) is 4. The van der Waals surface area contributed by atoms with Crippen LogP contribution in [-0.2, 0) is 9.47 Å². The Hall–Kier alpha value is -1.81. The molecule has 0 bridgehead atoms. The minimum absolute atomic E-state index is 0.287. The minimum atomic E-state index is -0.832. The maximum atomic E-state index is 10.0. The first kappa shape index (κ1) is 16.6. The zero-order chi connectivity index (χ0) is 16.1. The summed E-state index contributed by atoms with van der Waals surface area (Å²) < 4.78 is 12.3. The van der Waals surface area contributed by atoms with Gasteiger partial charge in [-0.3, -0.25) is 4.57 Å². The first-order valence-electron chi connectivity index (χ1n) is 6.94. The van der Waals surface area contributed by atoms with Crippen molar-refractivity contribution in [1.82, 2.24) is 19.5 Å². The maximum Gasteiger partial charge on any atom is 0.167 e. The molecule has 0 radical (unpaired) electrons. The second kappa shape index (κ2) is 7.45. The number of aromatic nitrogens is 4. The Labute approximate surface area is 127 Å². The summed E-state index contributed by atoms with van der Waals surface area (Å²) in [6.45, 7) is 1.84. The Kier molecular flexibility index (Phi) is 5.61. The number of ether oxygens (including phenoxy) is 2. The quantitative estimate of drug-likeness (QED) is 0.606. The van der Waals surface area contributed by atoms with Crippen molar-refractivity contribution in [2.75, 3.05) is 26.1 Å². The molecular weight excluding hydrogens is 290 g/mol. The van der Waals surface area contributed by atoms with E-state index in [1.165, 1.54) is 12.7 Å². The van der Waals surface area contributed by atoms with Gasteiger partial charge < -0.3 is 25.4 Å². The number of methoxy groups -OCH3 is 1. The highest BCUT2D eigenvalue weighted by atomic mass is 16.5. The Morgan fingerprint density at radius 3 is 2.82 bits per heavy atom. The number of imidazole rings is 1. The number of hydrogen-bond acceptors (Lipinski definition) is 8. The van der Waals surface area contributed by atoms with Gasteiger partial charge in [0.2, 0.25) is 0 Å². The number of rotatable bonds is 8. The molecule has 122 valence electrons. The lowest BCUT2D eigenvalue weighted by atomic mass is 10.1. The van der Waals surface area contributed by atoms with E-state index in [-0.39, 0.29) is 12.4 Å². The molecule has 0 saturated carbocycles. The number of hydrogen-bond donors (Lipinski definition) is 3. The second-order valence-corrected chi connectivity index (χ2v) is 4.89. The zero-order valence-electron chi connectivity index (χ0n) is 12.6. The largest absolute Gasteiger partial charge is 0.394 e. The van der Waals surface area contributed by atoms with Gasteiger partial charge >= 0.3 is 0 Å². The molecule has 2 heterocycles. The predicted octanol–water partition coefficient (Wildman–Crippen LogP) is -0.298. The van der Waals surface area contributed by atoms with Crippen LogP contribution in [0, 0.1) is 0 Å². The molecular formula is C13H21N5O4. The standard InChI is InChI=1S/C13H21N5O4/c1-8(22-10(5-19)9(20)3-4-21-2)18-7-17-11-12(14)15-6-16-13(11)18/h6-10,19-20H,3-5H2,1-2H3,(H2,14,15,16). The fourth-order valence-electron chi connectivity index (χ4n) is 2.13. The number of aliphatic hydroxyl groups excluding tert-OH is 2. The van der Waals surface area contributed by atoms with Crippen LogP contribution >= 0.6 is 0 Å². The first-order chi connectivity index (χ1) is 10.6. The highest BCUT2D eigenvalue weighted by Crippen LogP contribution is 2.21. The Morgan fingerprint density at radius 2 is 2.14 bits per heavy atom. The van der Waals surface area contributed by atoms with Crippen LogP contribution in [-0.4, -0.2) is 62.3 Å². The van der Waals surface area contributed by atoms with Crippen LogP contribution in [0.25, 0.3) is 11.2 Å². The van der Waals surface area contributed by atoms with E-state index in [0.717, 1.165) is 0 Å². The topological polar surface area (TPSA) is 129 Å². The fourth-order valence-corrected chi connectivity index (χ4v) is 2.13. The minimum Gasteiger partial charge on any atom is -0.394 e. The summed E-state index contributed by atoms with van der Waals surface area (Å²) in [5, 5.41) is 19.4. The third-order valence-electron chi connectivity index (χ3n) is 3.38. The van der Waals surface area contributed by atoms with E-state index in [9.17, 15) is 10.2 Å². The first-order valence-corrected chi connectivity index (χ1v) is 6.94. The van der Waals surface area contributed by atoms with Crippen molar-refractivity contribution >= 4 is 17.0 Å². The van der Waals surface area contributed by atoms with Crippen molar-refractivity contribution in [2.24, 2.45) is 0 Å². The van der Waals surface area contributed by atoms with Crippen LogP contribution in [0.4, 0.5) is 5.82 Å². The molecule has 0 aliphatic carbocycles. The van der Waals surface area contributed by atoms with Gasteiger partial charge in [-0.1, -0.05) is 0 Å². The van der Waals surface area contributed by atoms with E-state index in [2.05, 4.69) is 15.0 Å². The highest BCUT2D eigenvalue weighted by Gasteiger charge is 2.23. The average Bonchev–Trinajstić information content (AvgIpc) is 2.95. The third kappa shape index (κ3) is 3.50. The lowest BCUT2D eigenvalue weighted by Gasteiger charge is -2.25. The van der Waals surface area contributed by atoms with E-state index in [0.29, 0.717) is 24.2 Å². The van der Waals surface area contributed by atoms with Crippen LogP contribution in [0.15, 0.2) is 12.7 Å². The molecule has 0 aromatic carbocycles. The third-order valence-corrected chi connectivity index (χ3v) is 3.38. The normalized spacial score (nSPS) is 15.8. The van der Waals surface area contributed by atoms with Gasteiger partial charge in [-0.25, -0.2) is 15.0 Å². The molecule has 4 N–H and O–H groups in total. The van der Waals surface area contributed by atoms with Crippen molar-refractivity contribution in [3.05, 3.63) is 12.7 Å². The fraction of sp³-hybridized carbons (Fsp3) is 0.615. The molecule has 9 heteroatoms. The Bertz CT molecular complexity index is 605. The molecule has 0 spiro atoms. The molecule has 2 rings (SSSR count). The van der Waals surface area contributed by atoms with E-state index in [1.54, 1.807) is 18.6 Å². The van der Waals surface area contributed by atoms with E-state index < -0.39 is 18.4 Å².